The van der Waals surface area contributed by atoms with E-state index in [9.17, 15) is 9.59 Å². The van der Waals surface area contributed by atoms with Crippen molar-refractivity contribution in [3.63, 3.8) is 0 Å². The third kappa shape index (κ3) is 0.737. The van der Waals surface area contributed by atoms with Gasteiger partial charge in [0.1, 0.15) is 5.78 Å². The zero-order chi connectivity index (χ0) is 8.01. The Morgan fingerprint density at radius 3 is 2.55 bits per heavy atom. The largest absolute Gasteiger partial charge is 0.481 e. The summed E-state index contributed by atoms with van der Waals surface area (Å²) >= 11 is 0. The van der Waals surface area contributed by atoms with Gasteiger partial charge in [0.25, 0.3) is 0 Å². The molecule has 58 valence electrons. The van der Waals surface area contributed by atoms with Gasteiger partial charge < -0.3 is 5.11 Å². The number of carboxylic acids is 1. The molecule has 1 unspecified atom stereocenters. The highest BCUT2D eigenvalue weighted by Gasteiger charge is 2.47. The molecule has 1 saturated carbocycles. The van der Waals surface area contributed by atoms with Gasteiger partial charge in [0.15, 0.2) is 0 Å². The Balaban J connectivity index is 2.31. The summed E-state index contributed by atoms with van der Waals surface area (Å²) in [7, 11) is 0. The molecule has 0 aromatic rings. The molecule has 0 heterocycles. The number of fused-ring (bicyclic) bond motifs is 2. The van der Waals surface area contributed by atoms with Crippen LogP contribution in [0, 0.1) is 17.8 Å². The molecular formula is C8H8O3. The average molecular weight is 152 g/mol. The van der Waals surface area contributed by atoms with Crippen LogP contribution in [0.15, 0.2) is 12.2 Å². The lowest BCUT2D eigenvalue weighted by molar-refractivity contribution is -0.143. The minimum absolute atomic E-state index is 0.0231. The first-order chi connectivity index (χ1) is 5.20. The zero-order valence-electron chi connectivity index (χ0n) is 5.86. The molecule has 0 saturated heterocycles. The third-order valence-corrected chi connectivity index (χ3v) is 2.51. The van der Waals surface area contributed by atoms with Gasteiger partial charge in [-0.2, -0.15) is 0 Å². The molecule has 1 fully saturated rings. The molecule has 0 aliphatic heterocycles. The van der Waals surface area contributed by atoms with Gasteiger partial charge in [-0.15, -0.1) is 0 Å². The minimum atomic E-state index is -0.837. The normalized spacial score (nSPS) is 40.0. The first kappa shape index (κ1) is 6.58. The van der Waals surface area contributed by atoms with Crippen molar-refractivity contribution in [2.75, 3.05) is 0 Å². The van der Waals surface area contributed by atoms with Crippen LogP contribution in [0.1, 0.15) is 6.42 Å². The lowest BCUT2D eigenvalue weighted by atomic mass is 9.97. The molecule has 0 spiro atoms. The number of carbonyl (C=O) groups is 2. The average Bonchev–Trinajstić information content (AvgIpc) is 2.41. The molecule has 2 aliphatic rings. The van der Waals surface area contributed by atoms with Gasteiger partial charge in [-0.05, 0) is 5.92 Å². The summed E-state index contributed by atoms with van der Waals surface area (Å²) in [4.78, 5) is 21.7. The Bertz CT molecular complexity index is 254. The molecule has 11 heavy (non-hydrogen) atoms. The maximum absolute atomic E-state index is 11.0. The molecule has 0 aromatic carbocycles. The predicted molar refractivity (Wildman–Crippen MR) is 36.9 cm³/mol. The zero-order valence-corrected chi connectivity index (χ0v) is 5.86. The summed E-state index contributed by atoms with van der Waals surface area (Å²) in [6.45, 7) is 0. The van der Waals surface area contributed by atoms with E-state index in [2.05, 4.69) is 0 Å². The summed E-state index contributed by atoms with van der Waals surface area (Å²) in [5.74, 6) is -1.55. The van der Waals surface area contributed by atoms with E-state index in [4.69, 9.17) is 5.11 Å². The van der Waals surface area contributed by atoms with Crippen molar-refractivity contribution in [2.45, 2.75) is 6.42 Å². The van der Waals surface area contributed by atoms with Gasteiger partial charge in [-0.3, -0.25) is 9.59 Å². The van der Waals surface area contributed by atoms with Gasteiger partial charge in [-0.1, -0.05) is 12.2 Å². The van der Waals surface area contributed by atoms with Crippen LogP contribution < -0.4 is 0 Å². The number of hydrogen-bond acceptors (Lipinski definition) is 2. The van der Waals surface area contributed by atoms with Crippen LogP contribution in [0.5, 0.6) is 0 Å². The van der Waals surface area contributed by atoms with Crippen molar-refractivity contribution < 1.29 is 14.7 Å². The number of Topliss-reactive ketones (excluding diaryl/α,β-unsaturated/α-hetero) is 1. The molecule has 1 N–H and O–H groups in total. The van der Waals surface area contributed by atoms with E-state index in [1.165, 1.54) is 0 Å². The second-order valence-electron chi connectivity index (χ2n) is 3.11. The van der Waals surface area contributed by atoms with Crippen molar-refractivity contribution in [1.29, 1.82) is 0 Å². The number of rotatable bonds is 1. The molecule has 2 rings (SSSR count). The second-order valence-corrected chi connectivity index (χ2v) is 3.11. The van der Waals surface area contributed by atoms with E-state index in [-0.39, 0.29) is 17.6 Å². The molecule has 2 aliphatic carbocycles. The van der Waals surface area contributed by atoms with Crippen molar-refractivity contribution in [3.05, 3.63) is 12.2 Å². The SMILES string of the molecule is O=C(O)C1[C@@H]2C=C[C@H]1CC2=O. The first-order valence-electron chi connectivity index (χ1n) is 3.64. The fraction of sp³-hybridized carbons (Fsp3) is 0.500. The number of aliphatic carboxylic acids is 1. The van der Waals surface area contributed by atoms with E-state index in [1.807, 2.05) is 6.08 Å². The molecule has 0 radical (unpaired) electrons. The minimum Gasteiger partial charge on any atom is -0.481 e. The van der Waals surface area contributed by atoms with Crippen LogP contribution in [0.4, 0.5) is 0 Å². The molecule has 0 aromatic heterocycles. The Labute approximate surface area is 63.7 Å². The number of ketones is 1. The Morgan fingerprint density at radius 1 is 1.55 bits per heavy atom. The Hall–Kier alpha value is -1.12. The Morgan fingerprint density at radius 2 is 2.27 bits per heavy atom. The maximum Gasteiger partial charge on any atom is 0.308 e. The van der Waals surface area contributed by atoms with Gasteiger partial charge in [0.05, 0.1) is 5.92 Å². The fourth-order valence-corrected chi connectivity index (χ4v) is 1.98. The monoisotopic (exact) mass is 152 g/mol. The van der Waals surface area contributed by atoms with Gasteiger partial charge >= 0.3 is 5.97 Å². The lowest BCUT2D eigenvalue weighted by Crippen LogP contribution is -2.20. The standard InChI is InChI=1S/C8H8O3/c9-6-3-4-1-2-5(6)7(4)8(10)11/h1-2,4-5,7H,3H2,(H,10,11)/t4-,5+,7?/m0/s1. The van der Waals surface area contributed by atoms with Crippen LogP contribution in [0.3, 0.4) is 0 Å². The van der Waals surface area contributed by atoms with Crippen LogP contribution in [0.2, 0.25) is 0 Å². The quantitative estimate of drug-likeness (QED) is 0.555. The number of hydrogen-bond donors (Lipinski definition) is 1. The van der Waals surface area contributed by atoms with E-state index in [0.717, 1.165) is 0 Å². The van der Waals surface area contributed by atoms with Gasteiger partial charge in [0.2, 0.25) is 0 Å². The van der Waals surface area contributed by atoms with E-state index >= 15 is 0 Å². The van der Waals surface area contributed by atoms with Gasteiger partial charge in [-0.25, -0.2) is 0 Å². The summed E-state index contributed by atoms with van der Waals surface area (Å²) in [6.07, 6.45) is 4.01. The van der Waals surface area contributed by atoms with Crippen LogP contribution >= 0.6 is 0 Å². The van der Waals surface area contributed by atoms with Crippen molar-refractivity contribution >= 4 is 11.8 Å². The second kappa shape index (κ2) is 1.94. The summed E-state index contributed by atoms with van der Waals surface area (Å²) < 4.78 is 0. The highest BCUT2D eigenvalue weighted by atomic mass is 16.4. The highest BCUT2D eigenvalue weighted by molar-refractivity contribution is 5.93. The first-order valence-corrected chi connectivity index (χ1v) is 3.64. The molecular weight excluding hydrogens is 144 g/mol. The molecule has 3 heteroatoms. The van der Waals surface area contributed by atoms with Crippen LogP contribution in [-0.4, -0.2) is 16.9 Å². The number of carboxylic acid groups (broad SMARTS) is 1. The molecule has 0 amide bonds. The number of allylic oxidation sites excluding steroid dienone is 2. The topological polar surface area (TPSA) is 54.4 Å². The summed E-state index contributed by atoms with van der Waals surface area (Å²) in [5.41, 5.74) is 0. The van der Waals surface area contributed by atoms with Crippen LogP contribution in [-0.2, 0) is 9.59 Å². The van der Waals surface area contributed by atoms with E-state index in [1.54, 1.807) is 6.08 Å². The molecule has 3 nitrogen and oxygen atoms in total. The fourth-order valence-electron chi connectivity index (χ4n) is 1.98. The van der Waals surface area contributed by atoms with E-state index in [0.29, 0.717) is 6.42 Å². The third-order valence-electron chi connectivity index (χ3n) is 2.51. The van der Waals surface area contributed by atoms with Crippen molar-refractivity contribution in [1.82, 2.24) is 0 Å². The predicted octanol–water partition coefficient (Wildman–Crippen LogP) is 0.462. The van der Waals surface area contributed by atoms with Crippen molar-refractivity contribution in [3.8, 4) is 0 Å². The Kier molecular flexibility index (Phi) is 1.16. The summed E-state index contributed by atoms with van der Waals surface area (Å²) in [5, 5.41) is 8.72. The maximum atomic E-state index is 11.0. The lowest BCUT2D eigenvalue weighted by Gasteiger charge is -2.06. The molecule has 2 bridgehead atoms. The van der Waals surface area contributed by atoms with Crippen molar-refractivity contribution in [2.24, 2.45) is 17.8 Å². The highest BCUT2D eigenvalue weighted by Crippen LogP contribution is 2.41. The molecule has 3 atom stereocenters. The smallest absolute Gasteiger partial charge is 0.308 e. The number of carbonyl (C=O) groups excluding carboxylic acids is 1. The van der Waals surface area contributed by atoms with E-state index < -0.39 is 11.9 Å². The van der Waals surface area contributed by atoms with Crippen LogP contribution in [0.25, 0.3) is 0 Å². The summed E-state index contributed by atoms with van der Waals surface area (Å²) in [6, 6.07) is 0. The van der Waals surface area contributed by atoms with Gasteiger partial charge in [0, 0.05) is 12.3 Å².